The standard InChI is InChI=1S/C29H53ClO14/c30-7-3-1-2-4-8-35-9-10-36-11-12-37-13-14-38-15-16-39-17-18-40-19-20-41-21-22-42-23-24-43-25-26-44-28(32)6-5-27(31)29(33)34/h1-26H2,(H,33,34). The summed E-state index contributed by atoms with van der Waals surface area (Å²) in [5.41, 5.74) is 0. The predicted molar refractivity (Wildman–Crippen MR) is 159 cm³/mol. The van der Waals surface area contributed by atoms with Gasteiger partial charge >= 0.3 is 11.9 Å². The van der Waals surface area contributed by atoms with Crippen molar-refractivity contribution in [3.05, 3.63) is 0 Å². The van der Waals surface area contributed by atoms with E-state index >= 15 is 0 Å². The van der Waals surface area contributed by atoms with Crippen molar-refractivity contribution in [1.29, 1.82) is 0 Å². The van der Waals surface area contributed by atoms with Gasteiger partial charge in [-0.15, -0.1) is 11.6 Å². The second-order valence-electron chi connectivity index (χ2n) is 9.06. The molecule has 0 radical (unpaired) electrons. The Morgan fingerprint density at radius 1 is 0.409 bits per heavy atom. The minimum absolute atomic E-state index is 0.0168. The summed E-state index contributed by atoms with van der Waals surface area (Å²) in [5, 5.41) is 8.43. The van der Waals surface area contributed by atoms with Gasteiger partial charge in [-0.25, -0.2) is 4.79 Å². The van der Waals surface area contributed by atoms with Gasteiger partial charge in [-0.2, -0.15) is 0 Å². The summed E-state index contributed by atoms with van der Waals surface area (Å²) in [5.74, 6) is -2.50. The molecule has 0 aliphatic heterocycles. The van der Waals surface area contributed by atoms with Crippen molar-refractivity contribution in [2.45, 2.75) is 38.5 Å². The molecule has 0 aliphatic rings. The molecule has 0 aromatic rings. The number of Topliss-reactive ketones (excluding diaryl/α,β-unsaturated/α-hetero) is 1. The van der Waals surface area contributed by atoms with Crippen molar-refractivity contribution in [3.63, 3.8) is 0 Å². The maximum atomic E-state index is 11.3. The monoisotopic (exact) mass is 660 g/mol. The highest BCUT2D eigenvalue weighted by atomic mass is 35.5. The Labute approximate surface area is 266 Å². The third kappa shape index (κ3) is 35.0. The zero-order chi connectivity index (χ0) is 32.2. The number of ether oxygens (including phenoxy) is 10. The highest BCUT2D eigenvalue weighted by Crippen LogP contribution is 2.01. The topological polar surface area (TPSA) is 164 Å². The highest BCUT2D eigenvalue weighted by Gasteiger charge is 2.14. The molecule has 0 aromatic heterocycles. The number of alkyl halides is 1. The minimum Gasteiger partial charge on any atom is -0.476 e. The van der Waals surface area contributed by atoms with Crippen molar-refractivity contribution in [2.75, 3.05) is 131 Å². The Balaban J connectivity index is 3.12. The van der Waals surface area contributed by atoms with Crippen LogP contribution in [-0.4, -0.2) is 154 Å². The molecule has 44 heavy (non-hydrogen) atoms. The van der Waals surface area contributed by atoms with E-state index < -0.39 is 17.7 Å². The molecule has 0 heterocycles. The van der Waals surface area contributed by atoms with E-state index in [0.29, 0.717) is 106 Å². The number of ketones is 1. The molecule has 0 fully saturated rings. The van der Waals surface area contributed by atoms with Crippen molar-refractivity contribution >= 4 is 29.3 Å². The van der Waals surface area contributed by atoms with Gasteiger partial charge in [0, 0.05) is 18.9 Å². The van der Waals surface area contributed by atoms with Gasteiger partial charge in [0.25, 0.3) is 0 Å². The fourth-order valence-corrected chi connectivity index (χ4v) is 3.31. The minimum atomic E-state index is -1.56. The van der Waals surface area contributed by atoms with E-state index in [4.69, 9.17) is 64.1 Å². The van der Waals surface area contributed by atoms with Gasteiger partial charge in [-0.3, -0.25) is 9.59 Å². The molecule has 15 heteroatoms. The van der Waals surface area contributed by atoms with E-state index in [0.717, 1.165) is 38.2 Å². The Morgan fingerprint density at radius 2 is 0.727 bits per heavy atom. The zero-order valence-electron chi connectivity index (χ0n) is 26.0. The molecule has 0 unspecified atom stereocenters. The zero-order valence-corrected chi connectivity index (χ0v) is 26.8. The van der Waals surface area contributed by atoms with Gasteiger partial charge in [-0.05, 0) is 12.8 Å². The van der Waals surface area contributed by atoms with Crippen LogP contribution in [-0.2, 0) is 61.8 Å². The molecule has 1 N–H and O–H groups in total. The summed E-state index contributed by atoms with van der Waals surface area (Å²) in [4.78, 5) is 32.6. The van der Waals surface area contributed by atoms with Crippen LogP contribution in [0.25, 0.3) is 0 Å². The maximum Gasteiger partial charge on any atom is 0.372 e. The summed E-state index contributed by atoms with van der Waals surface area (Å²) >= 11 is 5.64. The molecule has 0 aromatic carbocycles. The van der Waals surface area contributed by atoms with Gasteiger partial charge in [-0.1, -0.05) is 12.8 Å². The van der Waals surface area contributed by atoms with Gasteiger partial charge in [0.1, 0.15) is 6.61 Å². The van der Waals surface area contributed by atoms with Crippen LogP contribution < -0.4 is 0 Å². The van der Waals surface area contributed by atoms with Crippen molar-refractivity contribution in [1.82, 2.24) is 0 Å². The summed E-state index contributed by atoms with van der Waals surface area (Å²) in [6.07, 6.45) is 3.80. The van der Waals surface area contributed by atoms with Crippen molar-refractivity contribution in [2.24, 2.45) is 0 Å². The Bertz CT molecular complexity index is 656. The number of unbranched alkanes of at least 4 members (excludes halogenated alkanes) is 3. The van der Waals surface area contributed by atoms with Crippen LogP contribution in [0.5, 0.6) is 0 Å². The average molecular weight is 661 g/mol. The number of carbonyl (C=O) groups is 3. The molecule has 0 atom stereocenters. The first kappa shape index (κ1) is 42.5. The first-order valence-electron chi connectivity index (χ1n) is 15.2. The third-order valence-corrected chi connectivity index (χ3v) is 5.70. The summed E-state index contributed by atoms with van der Waals surface area (Å²) in [6.45, 7) is 8.53. The predicted octanol–water partition coefficient (Wildman–Crippen LogP) is 1.91. The van der Waals surface area contributed by atoms with E-state index in [-0.39, 0.29) is 26.1 Å². The number of rotatable bonds is 37. The van der Waals surface area contributed by atoms with Crippen LogP contribution in [0, 0.1) is 0 Å². The number of carbonyl (C=O) groups excluding carboxylic acids is 2. The molecule has 0 spiro atoms. The summed E-state index contributed by atoms with van der Waals surface area (Å²) in [6, 6.07) is 0. The number of aliphatic carboxylic acids is 1. The van der Waals surface area contributed by atoms with E-state index in [2.05, 4.69) is 0 Å². The second kappa shape index (κ2) is 36.0. The molecule has 260 valence electrons. The Hall–Kier alpha value is -1.46. The molecular formula is C29H53ClO14. The first-order valence-corrected chi connectivity index (χ1v) is 15.8. The second-order valence-corrected chi connectivity index (χ2v) is 9.44. The number of carboxylic acids is 1. The Kier molecular flexibility index (Phi) is 34.8. The highest BCUT2D eigenvalue weighted by molar-refractivity contribution is 6.32. The van der Waals surface area contributed by atoms with Gasteiger partial charge in [0.05, 0.1) is 119 Å². The van der Waals surface area contributed by atoms with Gasteiger partial charge in [0.15, 0.2) is 0 Å². The SMILES string of the molecule is O=C(CCC(=O)C(=O)O)OCCOCCOCCOCCOCCOCCOCCOCCOCCOCCCCCCCl. The lowest BCUT2D eigenvalue weighted by molar-refractivity contribution is -0.151. The quantitative estimate of drug-likeness (QED) is 0.0445. The summed E-state index contributed by atoms with van der Waals surface area (Å²) < 4.78 is 53.6. The van der Waals surface area contributed by atoms with Crippen molar-refractivity contribution < 1.29 is 66.9 Å². The van der Waals surface area contributed by atoms with E-state index in [1.54, 1.807) is 0 Å². The molecule has 0 bridgehead atoms. The van der Waals surface area contributed by atoms with Crippen LogP contribution in [0.2, 0.25) is 0 Å². The molecule has 0 saturated carbocycles. The van der Waals surface area contributed by atoms with Crippen LogP contribution in [0.1, 0.15) is 38.5 Å². The average Bonchev–Trinajstić information content (AvgIpc) is 3.02. The summed E-state index contributed by atoms with van der Waals surface area (Å²) in [7, 11) is 0. The molecule has 0 amide bonds. The fraction of sp³-hybridized carbons (Fsp3) is 0.897. The van der Waals surface area contributed by atoms with Crippen LogP contribution >= 0.6 is 11.6 Å². The lowest BCUT2D eigenvalue weighted by Crippen LogP contribution is -2.17. The van der Waals surface area contributed by atoms with Crippen molar-refractivity contribution in [3.8, 4) is 0 Å². The number of hydrogen-bond acceptors (Lipinski definition) is 13. The lowest BCUT2D eigenvalue weighted by Gasteiger charge is -2.09. The van der Waals surface area contributed by atoms with Crippen LogP contribution in [0.15, 0.2) is 0 Å². The number of esters is 1. The lowest BCUT2D eigenvalue weighted by atomic mass is 10.2. The molecular weight excluding hydrogens is 608 g/mol. The van der Waals surface area contributed by atoms with Gasteiger partial charge in [0.2, 0.25) is 5.78 Å². The van der Waals surface area contributed by atoms with Gasteiger partial charge < -0.3 is 52.5 Å². The molecule has 0 saturated heterocycles. The van der Waals surface area contributed by atoms with Crippen LogP contribution in [0.4, 0.5) is 0 Å². The maximum absolute atomic E-state index is 11.3. The largest absolute Gasteiger partial charge is 0.476 e. The third-order valence-electron chi connectivity index (χ3n) is 5.43. The fourth-order valence-electron chi connectivity index (χ4n) is 3.12. The number of halogens is 1. The van der Waals surface area contributed by atoms with Crippen LogP contribution in [0.3, 0.4) is 0 Å². The van der Waals surface area contributed by atoms with E-state index in [9.17, 15) is 14.4 Å². The normalized spacial score (nSPS) is 11.2. The Morgan fingerprint density at radius 3 is 1.07 bits per heavy atom. The number of hydrogen-bond donors (Lipinski definition) is 1. The van der Waals surface area contributed by atoms with E-state index in [1.807, 2.05) is 0 Å². The first-order chi connectivity index (χ1) is 21.6. The number of carboxylic acid groups (broad SMARTS) is 1. The van der Waals surface area contributed by atoms with E-state index in [1.165, 1.54) is 0 Å². The molecule has 0 rings (SSSR count). The smallest absolute Gasteiger partial charge is 0.372 e. The molecule has 14 nitrogen and oxygen atoms in total. The molecule has 0 aliphatic carbocycles.